The Hall–Kier alpha value is -1.21. The fraction of sp³-hybridized carbons (Fsp3) is 0.812. The first-order valence-corrected chi connectivity index (χ1v) is 7.33. The van der Waals surface area contributed by atoms with Crippen LogP contribution in [0.1, 0.15) is 53.9 Å². The number of likely N-dealkylation sites (tertiary alicyclic amines) is 1. The monoisotopic (exact) mass is 281 g/mol. The largest absolute Gasteiger partial charge is 0.444 e. The summed E-state index contributed by atoms with van der Waals surface area (Å²) in [6.07, 6.45) is 2.40. The summed E-state index contributed by atoms with van der Waals surface area (Å²) < 4.78 is 11.3. The Morgan fingerprint density at radius 1 is 1.30 bits per heavy atom. The van der Waals surface area contributed by atoms with Crippen LogP contribution in [-0.2, 0) is 9.47 Å². The molecule has 4 nitrogen and oxygen atoms in total. The van der Waals surface area contributed by atoms with Crippen molar-refractivity contribution in [3.8, 4) is 11.8 Å². The maximum Gasteiger partial charge on any atom is 0.410 e. The fourth-order valence-electron chi connectivity index (χ4n) is 2.28. The number of amides is 1. The Labute approximate surface area is 122 Å². The number of hydrogen-bond acceptors (Lipinski definition) is 3. The van der Waals surface area contributed by atoms with E-state index in [2.05, 4.69) is 18.8 Å². The molecule has 0 bridgehead atoms. The van der Waals surface area contributed by atoms with Crippen molar-refractivity contribution in [2.75, 3.05) is 19.7 Å². The molecule has 0 N–H and O–H groups in total. The van der Waals surface area contributed by atoms with Crippen molar-refractivity contribution < 1.29 is 14.3 Å². The van der Waals surface area contributed by atoms with Crippen molar-refractivity contribution in [3.63, 3.8) is 0 Å². The summed E-state index contributed by atoms with van der Waals surface area (Å²) in [5.74, 6) is 5.78. The average Bonchev–Trinajstić information content (AvgIpc) is 2.38. The molecule has 0 atom stereocenters. The van der Waals surface area contributed by atoms with Gasteiger partial charge in [0.05, 0.1) is 5.60 Å². The molecule has 0 aromatic rings. The molecule has 0 saturated carbocycles. The molecule has 1 amide bonds. The third kappa shape index (κ3) is 5.05. The molecule has 1 fully saturated rings. The van der Waals surface area contributed by atoms with Crippen molar-refractivity contribution in [2.45, 2.75) is 65.1 Å². The molecule has 0 aliphatic carbocycles. The van der Waals surface area contributed by atoms with Crippen LogP contribution in [0.3, 0.4) is 0 Å². The predicted octanol–water partition coefficient (Wildman–Crippen LogP) is 3.21. The molecule has 0 spiro atoms. The highest BCUT2D eigenvalue weighted by atomic mass is 16.6. The minimum Gasteiger partial charge on any atom is -0.444 e. The Balaban J connectivity index is 2.51. The van der Waals surface area contributed by atoms with Gasteiger partial charge in [-0.15, -0.1) is 5.92 Å². The summed E-state index contributed by atoms with van der Waals surface area (Å²) in [5.41, 5.74) is -0.577. The average molecular weight is 281 g/mol. The minimum absolute atomic E-state index is 0.137. The summed E-state index contributed by atoms with van der Waals surface area (Å²) >= 11 is 0. The lowest BCUT2D eigenvalue weighted by Crippen LogP contribution is -2.49. The zero-order valence-electron chi connectivity index (χ0n) is 13.4. The molecule has 4 heteroatoms. The first kappa shape index (κ1) is 16.8. The number of carbonyl (C=O) groups is 1. The standard InChI is InChI=1S/C16H27NO3/c1-6-8-13-19-16(7-2)9-11-17(12-10-16)14(18)20-15(3,4)5/h7,9-13H2,1-5H3. The van der Waals surface area contributed by atoms with E-state index in [9.17, 15) is 4.79 Å². The SMILES string of the molecule is CC#CCOC1(CC)CCN(C(=O)OC(C)(C)C)CC1. The molecule has 0 aromatic carbocycles. The Morgan fingerprint density at radius 3 is 2.35 bits per heavy atom. The lowest BCUT2D eigenvalue weighted by molar-refractivity contribution is -0.0746. The second-order valence-electron chi connectivity index (χ2n) is 6.22. The number of hydrogen-bond donors (Lipinski definition) is 0. The van der Waals surface area contributed by atoms with E-state index in [1.807, 2.05) is 27.7 Å². The van der Waals surface area contributed by atoms with Crippen molar-refractivity contribution in [3.05, 3.63) is 0 Å². The molecule has 0 unspecified atom stereocenters. The molecule has 1 saturated heterocycles. The number of carbonyl (C=O) groups excluding carboxylic acids is 1. The maximum atomic E-state index is 12.0. The van der Waals surface area contributed by atoms with E-state index in [0.717, 1.165) is 19.3 Å². The zero-order valence-corrected chi connectivity index (χ0v) is 13.4. The molecule has 1 rings (SSSR count). The Bertz CT molecular complexity index is 379. The highest BCUT2D eigenvalue weighted by Gasteiger charge is 2.36. The van der Waals surface area contributed by atoms with Crippen molar-refractivity contribution >= 4 is 6.09 Å². The molecular formula is C16H27NO3. The zero-order chi connectivity index (χ0) is 15.2. The van der Waals surface area contributed by atoms with Crippen LogP contribution in [0.2, 0.25) is 0 Å². The number of nitrogens with zero attached hydrogens (tertiary/aromatic N) is 1. The summed E-state index contributed by atoms with van der Waals surface area (Å²) in [6.45, 7) is 11.4. The minimum atomic E-state index is -0.441. The predicted molar refractivity (Wildman–Crippen MR) is 79.5 cm³/mol. The van der Waals surface area contributed by atoms with Gasteiger partial charge in [-0.05, 0) is 47.0 Å². The Morgan fingerprint density at radius 2 is 1.90 bits per heavy atom. The van der Waals surface area contributed by atoms with Crippen molar-refractivity contribution in [1.29, 1.82) is 0 Å². The second kappa shape index (κ2) is 6.99. The van der Waals surface area contributed by atoms with Gasteiger partial charge in [0, 0.05) is 13.1 Å². The highest BCUT2D eigenvalue weighted by Crippen LogP contribution is 2.30. The fourth-order valence-corrected chi connectivity index (χ4v) is 2.28. The van der Waals surface area contributed by atoms with Crippen molar-refractivity contribution in [1.82, 2.24) is 4.90 Å². The van der Waals surface area contributed by atoms with Crippen LogP contribution in [0.4, 0.5) is 4.79 Å². The second-order valence-corrected chi connectivity index (χ2v) is 6.22. The molecule has 0 radical (unpaired) electrons. The lowest BCUT2D eigenvalue weighted by atomic mass is 9.88. The van der Waals surface area contributed by atoms with E-state index in [4.69, 9.17) is 9.47 Å². The molecule has 20 heavy (non-hydrogen) atoms. The third-order valence-electron chi connectivity index (χ3n) is 3.60. The van der Waals surface area contributed by atoms with Crippen molar-refractivity contribution in [2.24, 2.45) is 0 Å². The van der Waals surface area contributed by atoms with Gasteiger partial charge in [0.1, 0.15) is 12.2 Å². The van der Waals surface area contributed by atoms with Crippen LogP contribution in [-0.4, -0.2) is 41.9 Å². The highest BCUT2D eigenvalue weighted by molar-refractivity contribution is 5.68. The Kier molecular flexibility index (Phi) is 5.88. The molecule has 1 heterocycles. The van der Waals surface area contributed by atoms with Crippen LogP contribution >= 0.6 is 0 Å². The van der Waals surface area contributed by atoms with E-state index in [1.54, 1.807) is 4.90 Å². The normalized spacial score (nSPS) is 18.1. The van der Waals surface area contributed by atoms with E-state index in [1.165, 1.54) is 0 Å². The van der Waals surface area contributed by atoms with E-state index < -0.39 is 5.60 Å². The first-order chi connectivity index (χ1) is 9.32. The van der Waals surface area contributed by atoms with Crippen LogP contribution in [0.15, 0.2) is 0 Å². The van der Waals surface area contributed by atoms with Crippen LogP contribution < -0.4 is 0 Å². The first-order valence-electron chi connectivity index (χ1n) is 7.33. The van der Waals surface area contributed by atoms with Gasteiger partial charge in [-0.3, -0.25) is 0 Å². The van der Waals surface area contributed by atoms with E-state index in [0.29, 0.717) is 19.7 Å². The van der Waals surface area contributed by atoms with Gasteiger partial charge in [0.15, 0.2) is 0 Å². The lowest BCUT2D eigenvalue weighted by Gasteiger charge is -2.41. The summed E-state index contributed by atoms with van der Waals surface area (Å²) in [7, 11) is 0. The molecule has 0 aromatic heterocycles. The molecule has 114 valence electrons. The van der Waals surface area contributed by atoms with E-state index in [-0.39, 0.29) is 11.7 Å². The van der Waals surface area contributed by atoms with Crippen LogP contribution in [0, 0.1) is 11.8 Å². The molecule has 1 aliphatic rings. The van der Waals surface area contributed by atoms with Gasteiger partial charge in [0.2, 0.25) is 0 Å². The van der Waals surface area contributed by atoms with E-state index >= 15 is 0 Å². The molecule has 1 aliphatic heterocycles. The van der Waals surface area contributed by atoms with Gasteiger partial charge in [0.25, 0.3) is 0 Å². The van der Waals surface area contributed by atoms with Crippen LogP contribution in [0.25, 0.3) is 0 Å². The van der Waals surface area contributed by atoms with Gasteiger partial charge in [-0.25, -0.2) is 4.79 Å². The van der Waals surface area contributed by atoms with Gasteiger partial charge in [-0.2, -0.15) is 0 Å². The smallest absolute Gasteiger partial charge is 0.410 e. The quantitative estimate of drug-likeness (QED) is 0.746. The number of rotatable bonds is 3. The van der Waals surface area contributed by atoms with Gasteiger partial charge >= 0.3 is 6.09 Å². The topological polar surface area (TPSA) is 38.8 Å². The maximum absolute atomic E-state index is 12.0. The number of ether oxygens (including phenoxy) is 2. The number of piperidine rings is 1. The summed E-state index contributed by atoms with van der Waals surface area (Å²) in [4.78, 5) is 13.8. The third-order valence-corrected chi connectivity index (χ3v) is 3.60. The summed E-state index contributed by atoms with van der Waals surface area (Å²) in [6, 6.07) is 0. The molecular weight excluding hydrogens is 254 g/mol. The van der Waals surface area contributed by atoms with Gasteiger partial charge in [-0.1, -0.05) is 12.8 Å². The van der Waals surface area contributed by atoms with Gasteiger partial charge < -0.3 is 14.4 Å². The summed E-state index contributed by atoms with van der Waals surface area (Å²) in [5, 5.41) is 0. The van der Waals surface area contributed by atoms with Crippen LogP contribution in [0.5, 0.6) is 0 Å².